The van der Waals surface area contributed by atoms with E-state index in [0.29, 0.717) is 18.8 Å². The topological polar surface area (TPSA) is 59.2 Å². The second-order valence-electron chi connectivity index (χ2n) is 4.88. The zero-order chi connectivity index (χ0) is 14.0. The van der Waals surface area contributed by atoms with Crippen molar-refractivity contribution in [2.75, 3.05) is 18.0 Å². The van der Waals surface area contributed by atoms with Crippen molar-refractivity contribution < 1.29 is 13.6 Å². The molecule has 0 spiro atoms. The number of alkyl halides is 2. The molecule has 0 atom stereocenters. The number of anilines is 1. The minimum absolute atomic E-state index is 0.124. The van der Waals surface area contributed by atoms with E-state index in [1.165, 1.54) is 0 Å². The predicted octanol–water partition coefficient (Wildman–Crippen LogP) is 2.11. The third-order valence-electron chi connectivity index (χ3n) is 3.30. The SMILES string of the molecule is Cc1ccc(C(N)=O)c(N2CCCC(F)(F)CC2)n1. The van der Waals surface area contributed by atoms with Crippen molar-refractivity contribution in [2.45, 2.75) is 32.1 Å². The Hall–Kier alpha value is -1.72. The number of hydrogen-bond donors (Lipinski definition) is 1. The lowest BCUT2D eigenvalue weighted by Crippen LogP contribution is -2.29. The van der Waals surface area contributed by atoms with Gasteiger partial charge in [-0.3, -0.25) is 4.79 Å². The molecule has 2 N–H and O–H groups in total. The highest BCUT2D eigenvalue weighted by Gasteiger charge is 2.32. The van der Waals surface area contributed by atoms with E-state index in [0.717, 1.165) is 5.69 Å². The summed E-state index contributed by atoms with van der Waals surface area (Å²) in [6, 6.07) is 3.29. The number of nitrogens with zero attached hydrogens (tertiary/aromatic N) is 2. The molecule has 1 aliphatic heterocycles. The number of hydrogen-bond acceptors (Lipinski definition) is 3. The first-order valence-corrected chi connectivity index (χ1v) is 6.29. The van der Waals surface area contributed by atoms with Crippen LogP contribution in [0.15, 0.2) is 12.1 Å². The van der Waals surface area contributed by atoms with Crippen LogP contribution in [0.3, 0.4) is 0 Å². The lowest BCUT2D eigenvalue weighted by Gasteiger charge is -2.23. The molecule has 1 aliphatic rings. The van der Waals surface area contributed by atoms with Gasteiger partial charge in [0.1, 0.15) is 5.82 Å². The molecule has 1 aromatic rings. The molecule has 2 rings (SSSR count). The first-order valence-electron chi connectivity index (χ1n) is 6.29. The van der Waals surface area contributed by atoms with Gasteiger partial charge >= 0.3 is 0 Å². The third-order valence-corrected chi connectivity index (χ3v) is 3.30. The van der Waals surface area contributed by atoms with Crippen LogP contribution < -0.4 is 10.6 Å². The maximum absolute atomic E-state index is 13.4. The zero-order valence-corrected chi connectivity index (χ0v) is 10.8. The number of rotatable bonds is 2. The van der Waals surface area contributed by atoms with Gasteiger partial charge in [-0.25, -0.2) is 13.8 Å². The predicted molar refractivity (Wildman–Crippen MR) is 68.5 cm³/mol. The number of primary amides is 1. The normalized spacial score (nSPS) is 19.0. The molecular formula is C13H17F2N3O. The van der Waals surface area contributed by atoms with Crippen molar-refractivity contribution in [3.05, 3.63) is 23.4 Å². The second kappa shape index (κ2) is 5.11. The summed E-state index contributed by atoms with van der Waals surface area (Å²) in [5.74, 6) is -2.80. The summed E-state index contributed by atoms with van der Waals surface area (Å²) >= 11 is 0. The number of pyridine rings is 1. The van der Waals surface area contributed by atoms with E-state index in [9.17, 15) is 13.6 Å². The van der Waals surface area contributed by atoms with Crippen LogP contribution in [-0.4, -0.2) is 29.9 Å². The number of carbonyl (C=O) groups excluding carboxylic acids is 1. The van der Waals surface area contributed by atoms with Crippen molar-refractivity contribution in [3.8, 4) is 0 Å². The molecule has 0 bridgehead atoms. The Bertz CT molecular complexity index is 491. The van der Waals surface area contributed by atoms with Crippen LogP contribution in [0.2, 0.25) is 0 Å². The Morgan fingerprint density at radius 2 is 2.11 bits per heavy atom. The molecule has 0 unspecified atom stereocenters. The quantitative estimate of drug-likeness (QED) is 0.894. The van der Waals surface area contributed by atoms with E-state index in [4.69, 9.17) is 5.73 Å². The molecule has 6 heteroatoms. The van der Waals surface area contributed by atoms with Crippen LogP contribution in [0.1, 0.15) is 35.3 Å². The van der Waals surface area contributed by atoms with E-state index in [2.05, 4.69) is 4.98 Å². The van der Waals surface area contributed by atoms with Gasteiger partial charge in [0, 0.05) is 31.6 Å². The summed E-state index contributed by atoms with van der Waals surface area (Å²) in [4.78, 5) is 17.4. The van der Waals surface area contributed by atoms with Crippen LogP contribution in [0.4, 0.5) is 14.6 Å². The van der Waals surface area contributed by atoms with Crippen molar-refractivity contribution >= 4 is 11.7 Å². The highest BCUT2D eigenvalue weighted by Crippen LogP contribution is 2.30. The van der Waals surface area contributed by atoms with Gasteiger partial charge in [-0.05, 0) is 25.5 Å². The summed E-state index contributed by atoms with van der Waals surface area (Å²) in [5.41, 5.74) is 6.33. The smallest absolute Gasteiger partial charge is 0.252 e. The van der Waals surface area contributed by atoms with Crippen LogP contribution in [0.5, 0.6) is 0 Å². The number of carbonyl (C=O) groups is 1. The number of amides is 1. The molecule has 1 amide bonds. The summed E-state index contributed by atoms with van der Waals surface area (Å²) in [6.07, 6.45) is 0.0306. The Morgan fingerprint density at radius 3 is 2.79 bits per heavy atom. The fourth-order valence-corrected chi connectivity index (χ4v) is 2.25. The largest absolute Gasteiger partial charge is 0.365 e. The summed E-state index contributed by atoms with van der Waals surface area (Å²) < 4.78 is 26.7. The molecule has 2 heterocycles. The summed E-state index contributed by atoms with van der Waals surface area (Å²) in [5, 5.41) is 0. The molecule has 0 radical (unpaired) electrons. The lowest BCUT2D eigenvalue weighted by molar-refractivity contribution is -0.0102. The fourth-order valence-electron chi connectivity index (χ4n) is 2.25. The molecule has 0 saturated carbocycles. The molecule has 1 aromatic heterocycles. The lowest BCUT2D eigenvalue weighted by atomic mass is 10.1. The van der Waals surface area contributed by atoms with Gasteiger partial charge in [0.2, 0.25) is 5.92 Å². The minimum atomic E-state index is -2.63. The molecule has 1 saturated heterocycles. The molecule has 19 heavy (non-hydrogen) atoms. The molecule has 4 nitrogen and oxygen atoms in total. The average Bonchev–Trinajstić information content (AvgIpc) is 2.49. The van der Waals surface area contributed by atoms with Gasteiger partial charge in [0.15, 0.2) is 0 Å². The van der Waals surface area contributed by atoms with Gasteiger partial charge in [-0.1, -0.05) is 0 Å². The Balaban J connectivity index is 2.30. The van der Waals surface area contributed by atoms with E-state index in [1.807, 2.05) is 0 Å². The van der Waals surface area contributed by atoms with Gasteiger partial charge in [-0.2, -0.15) is 0 Å². The first kappa shape index (κ1) is 13.7. The Morgan fingerprint density at radius 1 is 1.37 bits per heavy atom. The maximum Gasteiger partial charge on any atom is 0.252 e. The first-order chi connectivity index (χ1) is 8.89. The Kier molecular flexibility index (Phi) is 3.68. The zero-order valence-electron chi connectivity index (χ0n) is 10.8. The van der Waals surface area contributed by atoms with Gasteiger partial charge in [0.25, 0.3) is 5.91 Å². The standard InChI is InChI=1S/C13H17F2N3O/c1-9-3-4-10(11(16)19)12(17-9)18-7-2-5-13(14,15)6-8-18/h3-4H,2,5-8H2,1H3,(H2,16,19). The number of aryl methyl sites for hydroxylation is 1. The molecular weight excluding hydrogens is 252 g/mol. The number of nitrogens with two attached hydrogens (primary N) is 1. The average molecular weight is 269 g/mol. The fraction of sp³-hybridized carbons (Fsp3) is 0.538. The van der Waals surface area contributed by atoms with E-state index in [1.54, 1.807) is 24.0 Å². The number of halogens is 2. The third kappa shape index (κ3) is 3.19. The maximum atomic E-state index is 13.4. The summed E-state index contributed by atoms with van der Waals surface area (Å²) in [7, 11) is 0. The van der Waals surface area contributed by atoms with Crippen molar-refractivity contribution in [1.82, 2.24) is 4.98 Å². The van der Waals surface area contributed by atoms with E-state index >= 15 is 0 Å². The molecule has 104 valence electrons. The van der Waals surface area contributed by atoms with Gasteiger partial charge < -0.3 is 10.6 Å². The van der Waals surface area contributed by atoms with Crippen molar-refractivity contribution in [2.24, 2.45) is 5.73 Å². The molecule has 0 aromatic carbocycles. The van der Waals surface area contributed by atoms with E-state index < -0.39 is 11.8 Å². The second-order valence-corrected chi connectivity index (χ2v) is 4.88. The van der Waals surface area contributed by atoms with Crippen molar-refractivity contribution in [3.63, 3.8) is 0 Å². The van der Waals surface area contributed by atoms with Crippen LogP contribution in [0.25, 0.3) is 0 Å². The highest BCUT2D eigenvalue weighted by molar-refractivity contribution is 5.97. The van der Waals surface area contributed by atoms with Crippen molar-refractivity contribution in [1.29, 1.82) is 0 Å². The summed E-state index contributed by atoms with van der Waals surface area (Å²) in [6.45, 7) is 2.44. The molecule has 0 aliphatic carbocycles. The van der Waals surface area contributed by atoms with Gasteiger partial charge in [0.05, 0.1) is 5.56 Å². The molecule has 1 fully saturated rings. The number of aromatic nitrogens is 1. The van der Waals surface area contributed by atoms with Gasteiger partial charge in [-0.15, -0.1) is 0 Å². The Labute approximate surface area is 110 Å². The van der Waals surface area contributed by atoms with Crippen LogP contribution >= 0.6 is 0 Å². The highest BCUT2D eigenvalue weighted by atomic mass is 19.3. The van der Waals surface area contributed by atoms with E-state index in [-0.39, 0.29) is 24.9 Å². The van der Waals surface area contributed by atoms with Crippen LogP contribution in [0, 0.1) is 6.92 Å². The minimum Gasteiger partial charge on any atom is -0.365 e. The van der Waals surface area contributed by atoms with Crippen LogP contribution in [-0.2, 0) is 0 Å². The monoisotopic (exact) mass is 269 g/mol.